The number of hydrogen-bond donors (Lipinski definition) is 1. The zero-order valence-electron chi connectivity index (χ0n) is 24.6. The van der Waals surface area contributed by atoms with E-state index in [1.807, 2.05) is 48.5 Å². The molecule has 0 aliphatic heterocycles. The summed E-state index contributed by atoms with van der Waals surface area (Å²) in [5.41, 5.74) is 3.50. The molecule has 0 radical (unpaired) electrons. The van der Waals surface area contributed by atoms with Crippen LogP contribution in [0.5, 0.6) is 0 Å². The van der Waals surface area contributed by atoms with Gasteiger partial charge in [-0.2, -0.15) is 0 Å². The second-order valence-electron chi connectivity index (χ2n) is 11.5. The van der Waals surface area contributed by atoms with Gasteiger partial charge < -0.3 is 19.1 Å². The highest BCUT2D eigenvalue weighted by Gasteiger charge is 2.43. The molecule has 0 aromatic heterocycles. The Morgan fingerprint density at radius 1 is 0.854 bits per heavy atom. The van der Waals surface area contributed by atoms with Crippen molar-refractivity contribution in [2.45, 2.75) is 78.4 Å². The van der Waals surface area contributed by atoms with Gasteiger partial charge in [0.05, 0.1) is 12.2 Å². The number of benzene rings is 3. The van der Waals surface area contributed by atoms with Crippen molar-refractivity contribution in [3.8, 4) is 11.1 Å². The third-order valence-electron chi connectivity index (χ3n) is 6.16. The van der Waals surface area contributed by atoms with E-state index in [-0.39, 0.29) is 5.45 Å². The Balaban J connectivity index is 1.98. The van der Waals surface area contributed by atoms with Crippen LogP contribution in [0.4, 0.5) is 9.18 Å². The fourth-order valence-corrected chi connectivity index (χ4v) is 6.93. The fraction of sp³-hybridized carbons (Fsp3) is 0.375. The molecule has 3 aromatic rings. The number of halogens is 1. The Labute approximate surface area is 241 Å². The number of hydrogen-bond acceptors (Lipinski definition) is 6. The van der Waals surface area contributed by atoms with Crippen LogP contribution in [0.25, 0.3) is 11.1 Å². The molecule has 1 N–H and O–H groups in total. The number of amides is 1. The summed E-state index contributed by atoms with van der Waals surface area (Å²) in [5.74, 6) is -0.457. The van der Waals surface area contributed by atoms with Crippen molar-refractivity contribution < 1.29 is 27.5 Å². The third-order valence-corrected chi connectivity index (χ3v) is 8.50. The number of aliphatic imine (C=N–C) groups is 1. The summed E-state index contributed by atoms with van der Waals surface area (Å²) in [6, 6.07) is 19.7. The fourth-order valence-electron chi connectivity index (χ4n) is 4.77. The van der Waals surface area contributed by atoms with Crippen molar-refractivity contribution in [1.82, 2.24) is 5.32 Å². The SMILES string of the molecule is CC(C)OP(=O)(OC(C)C)C(=NC1c2ccccc2-c2ccccc21)C(NC(=O)OC(C)(C)C)c1ccc(F)cc1. The van der Waals surface area contributed by atoms with Crippen LogP contribution in [0.3, 0.4) is 0 Å². The minimum atomic E-state index is -4.17. The van der Waals surface area contributed by atoms with Crippen molar-refractivity contribution in [3.05, 3.63) is 95.3 Å². The molecule has 0 bridgehead atoms. The number of nitrogens with one attached hydrogen (secondary N) is 1. The van der Waals surface area contributed by atoms with E-state index in [2.05, 4.69) is 5.32 Å². The summed E-state index contributed by atoms with van der Waals surface area (Å²) in [6.45, 7) is 12.2. The molecule has 0 heterocycles. The molecule has 1 amide bonds. The lowest BCUT2D eigenvalue weighted by Gasteiger charge is -2.31. The number of carbonyl (C=O) groups is 1. The highest BCUT2D eigenvalue weighted by molar-refractivity contribution is 7.72. The van der Waals surface area contributed by atoms with Gasteiger partial charge in [-0.15, -0.1) is 0 Å². The van der Waals surface area contributed by atoms with Crippen LogP contribution in [0.1, 0.15) is 77.2 Å². The Bertz CT molecular complexity index is 1400. The molecule has 1 unspecified atom stereocenters. The van der Waals surface area contributed by atoms with E-state index >= 15 is 0 Å². The quantitative estimate of drug-likeness (QED) is 0.202. The number of ether oxygens (including phenoxy) is 1. The van der Waals surface area contributed by atoms with E-state index in [4.69, 9.17) is 18.8 Å². The minimum Gasteiger partial charge on any atom is -0.444 e. The molecule has 41 heavy (non-hydrogen) atoms. The smallest absolute Gasteiger partial charge is 0.408 e. The predicted molar refractivity (Wildman–Crippen MR) is 160 cm³/mol. The third kappa shape index (κ3) is 7.31. The molecule has 7 nitrogen and oxygen atoms in total. The number of rotatable bonds is 9. The normalized spacial score (nSPS) is 14.6. The Morgan fingerprint density at radius 3 is 1.80 bits per heavy atom. The van der Waals surface area contributed by atoms with Gasteiger partial charge in [-0.25, -0.2) is 9.18 Å². The lowest BCUT2D eigenvalue weighted by Crippen LogP contribution is -2.39. The average molecular weight is 581 g/mol. The van der Waals surface area contributed by atoms with Crippen LogP contribution in [-0.2, 0) is 18.3 Å². The van der Waals surface area contributed by atoms with E-state index in [1.165, 1.54) is 24.3 Å². The maximum atomic E-state index is 14.9. The lowest BCUT2D eigenvalue weighted by molar-refractivity contribution is 0.0517. The van der Waals surface area contributed by atoms with E-state index in [9.17, 15) is 13.8 Å². The summed E-state index contributed by atoms with van der Waals surface area (Å²) in [5, 5.41) is 2.84. The molecule has 218 valence electrons. The van der Waals surface area contributed by atoms with Crippen LogP contribution in [-0.4, -0.2) is 29.4 Å². The number of fused-ring (bicyclic) bond motifs is 3. The monoisotopic (exact) mass is 580 g/mol. The van der Waals surface area contributed by atoms with Gasteiger partial charge in [0, 0.05) is 0 Å². The van der Waals surface area contributed by atoms with Crippen LogP contribution in [0, 0.1) is 5.82 Å². The molecule has 4 rings (SSSR count). The van der Waals surface area contributed by atoms with Crippen LogP contribution in [0.2, 0.25) is 0 Å². The molecule has 0 spiro atoms. The van der Waals surface area contributed by atoms with Crippen molar-refractivity contribution in [1.29, 1.82) is 0 Å². The molecule has 1 atom stereocenters. The first-order chi connectivity index (χ1) is 19.3. The van der Waals surface area contributed by atoms with Gasteiger partial charge >= 0.3 is 13.7 Å². The van der Waals surface area contributed by atoms with Crippen LogP contribution < -0.4 is 5.32 Å². The summed E-state index contributed by atoms with van der Waals surface area (Å²) in [4.78, 5) is 18.3. The summed E-state index contributed by atoms with van der Waals surface area (Å²) < 4.78 is 46.5. The Morgan fingerprint density at radius 2 is 1.34 bits per heavy atom. The molecular formula is C32H38FN2O5P. The van der Waals surface area contributed by atoms with Gasteiger partial charge in [0.1, 0.15) is 23.5 Å². The lowest BCUT2D eigenvalue weighted by atomic mass is 10.0. The molecule has 1 aliphatic rings. The van der Waals surface area contributed by atoms with Gasteiger partial charge in [0.2, 0.25) is 0 Å². The Hall–Kier alpha value is -3.32. The molecule has 1 aliphatic carbocycles. The van der Waals surface area contributed by atoms with Gasteiger partial charge in [0.15, 0.2) is 5.45 Å². The first kappa shape index (κ1) is 30.6. The number of alkyl carbamates (subject to hydrolysis) is 1. The predicted octanol–water partition coefficient (Wildman–Crippen LogP) is 8.60. The molecule has 0 saturated carbocycles. The maximum Gasteiger partial charge on any atom is 0.408 e. The van der Waals surface area contributed by atoms with Gasteiger partial charge in [-0.1, -0.05) is 60.7 Å². The highest BCUT2D eigenvalue weighted by Crippen LogP contribution is 2.57. The summed E-state index contributed by atoms with van der Waals surface area (Å²) >= 11 is 0. The second-order valence-corrected chi connectivity index (χ2v) is 13.4. The van der Waals surface area contributed by atoms with Crippen LogP contribution in [0.15, 0.2) is 77.8 Å². The van der Waals surface area contributed by atoms with Crippen molar-refractivity contribution in [2.24, 2.45) is 4.99 Å². The van der Waals surface area contributed by atoms with Gasteiger partial charge in [-0.3, -0.25) is 9.56 Å². The average Bonchev–Trinajstić information content (AvgIpc) is 3.18. The maximum absolute atomic E-state index is 14.9. The zero-order valence-corrected chi connectivity index (χ0v) is 25.4. The Kier molecular flexibility index (Phi) is 9.17. The first-order valence-corrected chi connectivity index (χ1v) is 15.3. The van der Waals surface area contributed by atoms with E-state index in [0.29, 0.717) is 5.56 Å². The van der Waals surface area contributed by atoms with E-state index in [0.717, 1.165) is 22.3 Å². The highest BCUT2D eigenvalue weighted by atomic mass is 31.2. The van der Waals surface area contributed by atoms with Gasteiger partial charge in [-0.05, 0) is 88.4 Å². The molecule has 3 aromatic carbocycles. The van der Waals surface area contributed by atoms with E-state index in [1.54, 1.807) is 48.5 Å². The van der Waals surface area contributed by atoms with E-state index < -0.39 is 49.4 Å². The molecule has 0 saturated heterocycles. The summed E-state index contributed by atoms with van der Waals surface area (Å²) in [7, 11) is -4.17. The molecular weight excluding hydrogens is 542 g/mol. The summed E-state index contributed by atoms with van der Waals surface area (Å²) in [6.07, 6.45) is -1.75. The second kappa shape index (κ2) is 12.3. The van der Waals surface area contributed by atoms with Crippen molar-refractivity contribution in [3.63, 3.8) is 0 Å². The number of carbonyl (C=O) groups excluding carboxylic acids is 1. The topological polar surface area (TPSA) is 86.2 Å². The number of nitrogens with zero attached hydrogens (tertiary/aromatic N) is 1. The van der Waals surface area contributed by atoms with Gasteiger partial charge in [0.25, 0.3) is 0 Å². The standard InChI is InChI=1S/C32H38FN2O5P/c1-20(2)39-41(37,40-21(3)4)30(28(22-16-18-23(33)19-17-22)35-31(36)38-32(5,6)7)34-29-26-14-10-8-12-24(26)25-13-9-11-15-27(25)29/h8-21,28-29H,1-7H3,(H,35,36). The van der Waals surface area contributed by atoms with Crippen molar-refractivity contribution >= 4 is 19.1 Å². The minimum absolute atomic E-state index is 0.00567. The first-order valence-electron chi connectivity index (χ1n) is 13.8. The zero-order chi connectivity index (χ0) is 29.9. The molecule has 9 heteroatoms. The molecule has 0 fully saturated rings. The largest absolute Gasteiger partial charge is 0.444 e. The van der Waals surface area contributed by atoms with Crippen molar-refractivity contribution in [2.75, 3.05) is 0 Å². The van der Waals surface area contributed by atoms with Crippen LogP contribution >= 0.6 is 7.60 Å².